The average Bonchev–Trinajstić information content (AvgIpc) is 3.37. The molecule has 0 radical (unpaired) electrons. The highest BCUT2D eigenvalue weighted by atomic mass is 32.2. The van der Waals surface area contributed by atoms with Crippen LogP contribution in [0.4, 0.5) is 10.5 Å². The molecule has 38 heavy (non-hydrogen) atoms. The minimum atomic E-state index is -0.678. The van der Waals surface area contributed by atoms with E-state index in [1.165, 1.54) is 48.8 Å². The topological polar surface area (TPSA) is 91.0 Å². The van der Waals surface area contributed by atoms with Crippen molar-refractivity contribution >= 4 is 47.1 Å². The number of nitrogens with one attached hydrogen (secondary N) is 2. The molecule has 8 nitrogen and oxygen atoms in total. The molecular weight excluding hydrogens is 520 g/mol. The van der Waals surface area contributed by atoms with E-state index in [1.807, 2.05) is 43.3 Å². The molecule has 1 heterocycles. The molecular formula is C28H44N4O4S2. The Labute approximate surface area is 236 Å². The first kappa shape index (κ1) is 30.5. The summed E-state index contributed by atoms with van der Waals surface area (Å²) in [5.74, 6) is 2.53. The van der Waals surface area contributed by atoms with E-state index in [-0.39, 0.29) is 11.8 Å². The van der Waals surface area contributed by atoms with Crippen molar-refractivity contribution in [3.8, 4) is 0 Å². The maximum atomic E-state index is 13.3. The molecule has 1 aliphatic carbocycles. The van der Waals surface area contributed by atoms with E-state index in [0.717, 1.165) is 17.0 Å². The van der Waals surface area contributed by atoms with Crippen LogP contribution in [0.2, 0.25) is 0 Å². The van der Waals surface area contributed by atoms with Gasteiger partial charge >= 0.3 is 6.09 Å². The van der Waals surface area contributed by atoms with Crippen LogP contribution in [0.15, 0.2) is 24.3 Å². The van der Waals surface area contributed by atoms with Crippen LogP contribution in [0, 0.1) is 5.92 Å². The molecule has 2 fully saturated rings. The van der Waals surface area contributed by atoms with E-state index in [1.54, 1.807) is 32.5 Å². The first-order valence-electron chi connectivity index (χ1n) is 13.5. The van der Waals surface area contributed by atoms with Gasteiger partial charge in [-0.1, -0.05) is 31.4 Å². The van der Waals surface area contributed by atoms with Gasteiger partial charge in [-0.25, -0.2) is 4.79 Å². The molecule has 10 heteroatoms. The molecule has 2 N–H and O–H groups in total. The molecule has 0 spiro atoms. The van der Waals surface area contributed by atoms with Crippen LogP contribution in [0.3, 0.4) is 0 Å². The first-order valence-corrected chi connectivity index (χ1v) is 15.8. The number of hydrogen-bond donors (Lipinski definition) is 2. The van der Waals surface area contributed by atoms with E-state index in [4.69, 9.17) is 4.74 Å². The zero-order valence-corrected chi connectivity index (χ0v) is 25.1. The van der Waals surface area contributed by atoms with Crippen LogP contribution in [0.25, 0.3) is 0 Å². The third kappa shape index (κ3) is 9.59. The van der Waals surface area contributed by atoms with Crippen molar-refractivity contribution in [2.45, 2.75) is 77.1 Å². The van der Waals surface area contributed by atoms with E-state index in [2.05, 4.69) is 10.6 Å². The van der Waals surface area contributed by atoms with Crippen LogP contribution in [-0.2, 0) is 20.9 Å². The van der Waals surface area contributed by atoms with E-state index in [9.17, 15) is 14.4 Å². The molecule has 1 saturated heterocycles. The molecule has 0 aromatic heterocycles. The lowest BCUT2D eigenvalue weighted by Crippen LogP contribution is -2.55. The molecule has 1 aromatic rings. The zero-order valence-electron chi connectivity index (χ0n) is 23.5. The molecule has 2 aliphatic rings. The van der Waals surface area contributed by atoms with Gasteiger partial charge in [0.2, 0.25) is 11.8 Å². The second-order valence-electron chi connectivity index (χ2n) is 11.3. The Morgan fingerprint density at radius 3 is 2.45 bits per heavy atom. The van der Waals surface area contributed by atoms with E-state index < -0.39 is 23.8 Å². The molecule has 0 bridgehead atoms. The van der Waals surface area contributed by atoms with Crippen LogP contribution in [0.1, 0.15) is 58.4 Å². The highest BCUT2D eigenvalue weighted by Gasteiger charge is 2.38. The lowest BCUT2D eigenvalue weighted by Gasteiger charge is -2.28. The molecule has 1 saturated carbocycles. The fourth-order valence-electron chi connectivity index (χ4n) is 4.54. The molecule has 3 amide bonds. The Balaban J connectivity index is 1.62. The van der Waals surface area contributed by atoms with Crippen molar-refractivity contribution < 1.29 is 19.1 Å². The summed E-state index contributed by atoms with van der Waals surface area (Å²) in [4.78, 5) is 42.8. The van der Waals surface area contributed by atoms with Crippen molar-refractivity contribution in [2.75, 3.05) is 42.1 Å². The van der Waals surface area contributed by atoms with Gasteiger partial charge < -0.3 is 20.3 Å². The summed E-state index contributed by atoms with van der Waals surface area (Å²) in [6, 6.07) is 6.69. The number of ether oxygens (including phenoxy) is 1. The summed E-state index contributed by atoms with van der Waals surface area (Å²) in [6.07, 6.45) is 5.84. The number of carbonyl (C=O) groups is 3. The van der Waals surface area contributed by atoms with Crippen LogP contribution >= 0.6 is 23.5 Å². The predicted octanol–water partition coefficient (Wildman–Crippen LogP) is 4.48. The number of carbonyl (C=O) groups excluding carboxylic acids is 3. The molecule has 3 rings (SSSR count). The monoisotopic (exact) mass is 564 g/mol. The summed E-state index contributed by atoms with van der Waals surface area (Å²) in [5, 5.41) is 5.97. The predicted molar refractivity (Wildman–Crippen MR) is 158 cm³/mol. The number of rotatable bonds is 10. The lowest BCUT2D eigenvalue weighted by atomic mass is 9.91. The van der Waals surface area contributed by atoms with Crippen LogP contribution in [-0.4, -0.2) is 77.7 Å². The molecule has 1 aliphatic heterocycles. The Hall–Kier alpha value is -2.07. The Morgan fingerprint density at radius 2 is 1.82 bits per heavy atom. The van der Waals surface area contributed by atoms with Crippen LogP contribution < -0.4 is 15.5 Å². The highest BCUT2D eigenvalue weighted by molar-refractivity contribution is 7.99. The summed E-state index contributed by atoms with van der Waals surface area (Å²) in [6.45, 7) is 5.80. The minimum absolute atomic E-state index is 0.208. The molecule has 2 unspecified atom stereocenters. The van der Waals surface area contributed by atoms with E-state index in [0.29, 0.717) is 29.8 Å². The fourth-order valence-corrected chi connectivity index (χ4v) is 6.96. The van der Waals surface area contributed by atoms with Gasteiger partial charge in [0.15, 0.2) is 0 Å². The number of benzene rings is 1. The van der Waals surface area contributed by atoms with Gasteiger partial charge in [-0.05, 0) is 63.0 Å². The highest BCUT2D eigenvalue weighted by Crippen LogP contribution is 2.27. The molecule has 1 aromatic carbocycles. The van der Waals surface area contributed by atoms with Crippen LogP contribution in [0.5, 0.6) is 0 Å². The summed E-state index contributed by atoms with van der Waals surface area (Å²) < 4.78 is 5.50. The summed E-state index contributed by atoms with van der Waals surface area (Å²) >= 11 is 3.24. The van der Waals surface area contributed by atoms with Gasteiger partial charge in [-0.15, -0.1) is 11.8 Å². The van der Waals surface area contributed by atoms with Crippen molar-refractivity contribution in [3.63, 3.8) is 0 Å². The number of nitrogens with zero attached hydrogens (tertiary/aromatic N) is 2. The zero-order chi connectivity index (χ0) is 27.7. The standard InChI is InChI=1S/C28H44N4O4S2/c1-28(2,3)36-27(35)32-19-38-18-24(32)26(34)30-23(17-37-16-21-9-7-6-8-10-21)25(33)29-15-20-11-13-22(14-12-20)31(4)5/h11-14,21,23-24H,6-10,15-19H2,1-5H3,(H,29,33)(H,30,34). The molecule has 212 valence electrons. The smallest absolute Gasteiger partial charge is 0.411 e. The van der Waals surface area contributed by atoms with Crippen molar-refractivity contribution in [3.05, 3.63) is 29.8 Å². The first-order chi connectivity index (χ1) is 18.0. The fraction of sp³-hybridized carbons (Fsp3) is 0.679. The average molecular weight is 565 g/mol. The third-order valence-electron chi connectivity index (χ3n) is 6.73. The normalized spacial score (nSPS) is 19.1. The second kappa shape index (κ2) is 14.4. The van der Waals surface area contributed by atoms with E-state index >= 15 is 0 Å². The molecule has 2 atom stereocenters. The SMILES string of the molecule is CN(C)c1ccc(CNC(=O)C(CSCC2CCCCC2)NC(=O)C2CSCN2C(=O)OC(C)(C)C)cc1. The number of hydrogen-bond acceptors (Lipinski definition) is 7. The lowest BCUT2D eigenvalue weighted by molar-refractivity contribution is -0.130. The Kier molecular flexibility index (Phi) is 11.5. The van der Waals surface area contributed by atoms with Crippen molar-refractivity contribution in [1.82, 2.24) is 15.5 Å². The van der Waals surface area contributed by atoms with Gasteiger partial charge in [0.25, 0.3) is 0 Å². The summed E-state index contributed by atoms with van der Waals surface area (Å²) in [7, 11) is 3.98. The third-order valence-corrected chi connectivity index (χ3v) is 9.02. The Morgan fingerprint density at radius 1 is 1.13 bits per heavy atom. The second-order valence-corrected chi connectivity index (χ2v) is 13.4. The number of anilines is 1. The Bertz CT molecular complexity index is 930. The number of amides is 3. The van der Waals surface area contributed by atoms with Gasteiger partial charge in [-0.3, -0.25) is 14.5 Å². The maximum absolute atomic E-state index is 13.3. The van der Waals surface area contributed by atoms with Gasteiger partial charge in [0.1, 0.15) is 17.7 Å². The van der Waals surface area contributed by atoms with Crippen molar-refractivity contribution in [2.24, 2.45) is 5.92 Å². The van der Waals surface area contributed by atoms with Gasteiger partial charge in [0.05, 0.1) is 5.88 Å². The summed E-state index contributed by atoms with van der Waals surface area (Å²) in [5.41, 5.74) is 1.44. The van der Waals surface area contributed by atoms with Crippen molar-refractivity contribution in [1.29, 1.82) is 0 Å². The van der Waals surface area contributed by atoms with Gasteiger partial charge in [-0.2, -0.15) is 11.8 Å². The largest absolute Gasteiger partial charge is 0.444 e. The van der Waals surface area contributed by atoms with Gasteiger partial charge in [0, 0.05) is 37.8 Å². The number of thioether (sulfide) groups is 2. The maximum Gasteiger partial charge on any atom is 0.411 e. The minimum Gasteiger partial charge on any atom is -0.444 e. The quantitative estimate of drug-likeness (QED) is 0.433.